The second kappa shape index (κ2) is 7.38. The molecule has 0 spiro atoms. The third kappa shape index (κ3) is 3.60. The molecule has 0 saturated carbocycles. The summed E-state index contributed by atoms with van der Waals surface area (Å²) >= 11 is 0. The van der Waals surface area contributed by atoms with Crippen LogP contribution in [0.2, 0.25) is 0 Å². The van der Waals surface area contributed by atoms with E-state index in [1.54, 1.807) is 0 Å². The molecule has 1 fully saturated rings. The first kappa shape index (κ1) is 17.7. The Labute approximate surface area is 149 Å². The summed E-state index contributed by atoms with van der Waals surface area (Å²) in [6.07, 6.45) is 1.18. The van der Waals surface area contributed by atoms with Gasteiger partial charge in [-0.25, -0.2) is 0 Å². The van der Waals surface area contributed by atoms with E-state index in [-0.39, 0.29) is 12.1 Å². The summed E-state index contributed by atoms with van der Waals surface area (Å²) < 4.78 is 8.01. The van der Waals surface area contributed by atoms with Crippen LogP contribution in [-0.2, 0) is 11.8 Å². The minimum Gasteiger partial charge on any atom is -0.373 e. The van der Waals surface area contributed by atoms with Gasteiger partial charge in [0.15, 0.2) is 0 Å². The summed E-state index contributed by atoms with van der Waals surface area (Å²) in [6.45, 7) is 8.04. The highest BCUT2D eigenvalue weighted by Crippen LogP contribution is 2.37. The van der Waals surface area contributed by atoms with Gasteiger partial charge in [0.25, 0.3) is 0 Å². The summed E-state index contributed by atoms with van der Waals surface area (Å²) in [5.41, 5.74) is 5.40. The second-order valence-electron chi connectivity index (χ2n) is 6.91. The third-order valence-electron chi connectivity index (χ3n) is 5.29. The van der Waals surface area contributed by atoms with Gasteiger partial charge in [-0.3, -0.25) is 4.68 Å². The number of aromatic nitrogens is 2. The van der Waals surface area contributed by atoms with E-state index < -0.39 is 0 Å². The Bertz CT molecular complexity index is 772. The van der Waals surface area contributed by atoms with Crippen molar-refractivity contribution in [3.8, 4) is 6.07 Å². The van der Waals surface area contributed by atoms with Gasteiger partial charge in [-0.05, 0) is 44.9 Å². The molecule has 1 aromatic heterocycles. The number of hydrogen-bond acceptors (Lipinski definition) is 4. The minimum atomic E-state index is 0.120. The topological polar surface area (TPSA) is 62.9 Å². The zero-order valence-electron chi connectivity index (χ0n) is 15.4. The molecule has 0 bridgehead atoms. The lowest BCUT2D eigenvalue weighted by Gasteiger charge is -2.22. The molecule has 0 radical (unpaired) electrons. The predicted molar refractivity (Wildman–Crippen MR) is 97.1 cm³/mol. The number of hydrogen-bond donors (Lipinski definition) is 1. The van der Waals surface area contributed by atoms with Crippen LogP contribution in [0.25, 0.3) is 0 Å². The highest BCUT2D eigenvalue weighted by atomic mass is 16.5. The van der Waals surface area contributed by atoms with Crippen molar-refractivity contribution in [1.82, 2.24) is 15.1 Å². The molecule has 2 heterocycles. The lowest BCUT2D eigenvalue weighted by molar-refractivity contribution is 0.0888. The highest BCUT2D eigenvalue weighted by molar-refractivity contribution is 5.33. The van der Waals surface area contributed by atoms with Crippen molar-refractivity contribution in [1.29, 1.82) is 5.26 Å². The highest BCUT2D eigenvalue weighted by Gasteiger charge is 2.33. The van der Waals surface area contributed by atoms with Crippen molar-refractivity contribution in [2.75, 3.05) is 13.2 Å². The number of nitrogens with zero attached hydrogens (tertiary/aromatic N) is 3. The van der Waals surface area contributed by atoms with Crippen LogP contribution in [0.3, 0.4) is 0 Å². The monoisotopic (exact) mass is 338 g/mol. The molecule has 1 aliphatic heterocycles. The molecule has 2 aromatic rings. The smallest absolute Gasteiger partial charge is 0.0991 e. The first-order chi connectivity index (χ1) is 12.0. The Morgan fingerprint density at radius 1 is 1.36 bits per heavy atom. The summed E-state index contributed by atoms with van der Waals surface area (Å²) in [5.74, 6) is 0.447. The molecule has 1 aromatic carbocycles. The maximum atomic E-state index is 8.91. The van der Waals surface area contributed by atoms with Gasteiger partial charge in [0, 0.05) is 43.4 Å². The van der Waals surface area contributed by atoms with E-state index in [0.29, 0.717) is 11.5 Å². The Hall–Kier alpha value is -2.16. The summed E-state index contributed by atoms with van der Waals surface area (Å²) in [5, 5.41) is 17.1. The second-order valence-corrected chi connectivity index (χ2v) is 6.91. The zero-order valence-corrected chi connectivity index (χ0v) is 15.4. The van der Waals surface area contributed by atoms with E-state index >= 15 is 0 Å². The minimum absolute atomic E-state index is 0.120. The number of aryl methyl sites for hydroxylation is 2. The van der Waals surface area contributed by atoms with Crippen molar-refractivity contribution in [2.24, 2.45) is 13.0 Å². The number of nitrogens with one attached hydrogen (secondary N) is 1. The van der Waals surface area contributed by atoms with Crippen LogP contribution >= 0.6 is 0 Å². The lowest BCUT2D eigenvalue weighted by Crippen LogP contribution is -2.27. The fourth-order valence-corrected chi connectivity index (χ4v) is 3.66. The van der Waals surface area contributed by atoms with E-state index in [2.05, 4.69) is 37.3 Å². The number of rotatable bonds is 5. The van der Waals surface area contributed by atoms with Gasteiger partial charge < -0.3 is 10.1 Å². The van der Waals surface area contributed by atoms with Crippen LogP contribution in [0.5, 0.6) is 0 Å². The molecular formula is C20H26N4O. The van der Waals surface area contributed by atoms with E-state index in [9.17, 15) is 0 Å². The van der Waals surface area contributed by atoms with Crippen LogP contribution in [0.1, 0.15) is 53.6 Å². The molecule has 132 valence electrons. The Morgan fingerprint density at radius 3 is 2.68 bits per heavy atom. The largest absolute Gasteiger partial charge is 0.373 e. The fraction of sp³-hybridized carbons (Fsp3) is 0.500. The van der Waals surface area contributed by atoms with Gasteiger partial charge in [-0.15, -0.1) is 0 Å². The molecular weight excluding hydrogens is 312 g/mol. The van der Waals surface area contributed by atoms with Crippen LogP contribution < -0.4 is 5.32 Å². The Morgan fingerprint density at radius 2 is 2.08 bits per heavy atom. The van der Waals surface area contributed by atoms with Crippen molar-refractivity contribution in [2.45, 2.75) is 39.3 Å². The lowest BCUT2D eigenvalue weighted by atomic mass is 9.93. The molecule has 1 saturated heterocycles. The van der Waals surface area contributed by atoms with Gasteiger partial charge in [0.05, 0.1) is 23.4 Å². The third-order valence-corrected chi connectivity index (χ3v) is 5.29. The van der Waals surface area contributed by atoms with Crippen molar-refractivity contribution in [3.63, 3.8) is 0 Å². The van der Waals surface area contributed by atoms with Gasteiger partial charge in [-0.2, -0.15) is 10.4 Å². The van der Waals surface area contributed by atoms with E-state index in [4.69, 9.17) is 10.00 Å². The van der Waals surface area contributed by atoms with Crippen molar-refractivity contribution < 1.29 is 4.74 Å². The molecule has 1 aliphatic rings. The van der Waals surface area contributed by atoms with Crippen molar-refractivity contribution >= 4 is 0 Å². The molecule has 0 aliphatic carbocycles. The molecule has 5 heteroatoms. The van der Waals surface area contributed by atoms with Crippen molar-refractivity contribution in [3.05, 3.63) is 52.3 Å². The van der Waals surface area contributed by atoms with Crippen LogP contribution in [0, 0.1) is 31.1 Å². The molecule has 5 nitrogen and oxygen atoms in total. The number of ether oxygens (including phenoxy) is 1. The molecule has 3 atom stereocenters. The summed E-state index contributed by atoms with van der Waals surface area (Å²) in [4.78, 5) is 0. The van der Waals surface area contributed by atoms with Crippen LogP contribution in [-0.4, -0.2) is 22.9 Å². The van der Waals surface area contributed by atoms with Gasteiger partial charge in [0.2, 0.25) is 0 Å². The van der Waals surface area contributed by atoms with Crippen LogP contribution in [0.4, 0.5) is 0 Å². The first-order valence-electron chi connectivity index (χ1n) is 8.86. The molecule has 0 amide bonds. The van der Waals surface area contributed by atoms with Crippen LogP contribution in [0.15, 0.2) is 24.3 Å². The normalized spacial score (nSPS) is 21.2. The summed E-state index contributed by atoms with van der Waals surface area (Å²) in [7, 11) is 1.99. The maximum absolute atomic E-state index is 8.91. The van der Waals surface area contributed by atoms with E-state index in [1.807, 2.05) is 36.0 Å². The van der Waals surface area contributed by atoms with Gasteiger partial charge in [0.1, 0.15) is 0 Å². The van der Waals surface area contributed by atoms with E-state index in [0.717, 1.165) is 25.3 Å². The number of nitriles is 1. The molecule has 1 N–H and O–H groups in total. The standard InChI is InChI=1S/C20H26N4O/c1-13(17-7-5-16(11-21)6-8-17)22-12-18-9-10-25-20(18)19-14(2)23-24(4)15(19)3/h5-8,13,18,20,22H,9-10,12H2,1-4H3/t13-,18-,20-/m1/s1. The maximum Gasteiger partial charge on any atom is 0.0991 e. The molecule has 25 heavy (non-hydrogen) atoms. The first-order valence-corrected chi connectivity index (χ1v) is 8.86. The molecule has 3 rings (SSSR count). The van der Waals surface area contributed by atoms with Gasteiger partial charge in [-0.1, -0.05) is 12.1 Å². The SMILES string of the molecule is Cc1nn(C)c(C)c1[C@@H]1OCC[C@@H]1CN[C@H](C)c1ccc(C#N)cc1. The average molecular weight is 338 g/mol. The Balaban J connectivity index is 1.66. The Kier molecular flexibility index (Phi) is 5.22. The number of benzene rings is 1. The quantitative estimate of drug-likeness (QED) is 0.908. The fourth-order valence-electron chi connectivity index (χ4n) is 3.66. The van der Waals surface area contributed by atoms with Gasteiger partial charge >= 0.3 is 0 Å². The summed E-state index contributed by atoms with van der Waals surface area (Å²) in [6, 6.07) is 10.2. The predicted octanol–water partition coefficient (Wildman–Crippen LogP) is 3.34. The average Bonchev–Trinajstić information content (AvgIpc) is 3.16. The zero-order chi connectivity index (χ0) is 18.0. The molecule has 0 unspecified atom stereocenters. The van der Waals surface area contributed by atoms with E-state index in [1.165, 1.54) is 16.8 Å².